The normalized spacial score (nSPS) is 10.9. The van der Waals surface area contributed by atoms with E-state index in [2.05, 4.69) is 0 Å². The molecule has 3 nitrogen and oxygen atoms in total. The minimum atomic E-state index is -0.977. The molecule has 0 saturated carbocycles. The Hall–Kier alpha value is -1.81. The number of hydrogen-bond donors (Lipinski definition) is 1. The maximum absolute atomic E-state index is 10.8. The van der Waals surface area contributed by atoms with Crippen molar-refractivity contribution in [3.8, 4) is 0 Å². The quantitative estimate of drug-likeness (QED) is 0.864. The second kappa shape index (κ2) is 4.14. The van der Waals surface area contributed by atoms with Gasteiger partial charge in [-0.1, -0.05) is 6.07 Å². The number of aromatic carboxylic acids is 1. The minimum Gasteiger partial charge on any atom is -0.478 e. The molecule has 0 atom stereocenters. The number of thiophene rings is 1. The molecule has 0 aromatic carbocycles. The van der Waals surface area contributed by atoms with Crippen LogP contribution < -0.4 is 0 Å². The standard InChI is InChI=1S/C11H8O3S/c12-11(13)9-5-6-14-10(9)4-3-8-2-1-7-15-8/h1-7H,(H,12,13)/b4-3-. The molecule has 2 heterocycles. The van der Waals surface area contributed by atoms with Gasteiger partial charge in [-0.2, -0.15) is 0 Å². The summed E-state index contributed by atoms with van der Waals surface area (Å²) in [7, 11) is 0. The predicted molar refractivity (Wildman–Crippen MR) is 58.9 cm³/mol. The van der Waals surface area contributed by atoms with Crippen molar-refractivity contribution in [2.24, 2.45) is 0 Å². The molecule has 0 aliphatic heterocycles. The lowest BCUT2D eigenvalue weighted by molar-refractivity contribution is 0.0696. The summed E-state index contributed by atoms with van der Waals surface area (Å²) in [5.74, 6) is -0.606. The molecule has 0 saturated heterocycles. The molecule has 2 rings (SSSR count). The summed E-state index contributed by atoms with van der Waals surface area (Å²) in [4.78, 5) is 11.8. The Kier molecular flexibility index (Phi) is 2.69. The van der Waals surface area contributed by atoms with Gasteiger partial charge in [0, 0.05) is 4.88 Å². The lowest BCUT2D eigenvalue weighted by Gasteiger charge is -1.89. The van der Waals surface area contributed by atoms with Gasteiger partial charge in [0.1, 0.15) is 11.3 Å². The van der Waals surface area contributed by atoms with E-state index in [0.717, 1.165) is 4.88 Å². The van der Waals surface area contributed by atoms with Crippen LogP contribution in [0.25, 0.3) is 12.2 Å². The molecule has 0 amide bonds. The van der Waals surface area contributed by atoms with Crippen LogP contribution in [-0.2, 0) is 0 Å². The third-order valence-corrected chi connectivity index (χ3v) is 2.71. The second-order valence-electron chi connectivity index (χ2n) is 2.85. The first-order chi connectivity index (χ1) is 7.27. The summed E-state index contributed by atoms with van der Waals surface area (Å²) in [6.07, 6.45) is 4.86. The molecule has 0 aliphatic rings. The fourth-order valence-corrected chi connectivity index (χ4v) is 1.79. The predicted octanol–water partition coefficient (Wildman–Crippen LogP) is 3.21. The first-order valence-corrected chi connectivity index (χ1v) is 5.18. The summed E-state index contributed by atoms with van der Waals surface area (Å²) in [6.45, 7) is 0. The highest BCUT2D eigenvalue weighted by Crippen LogP contribution is 2.16. The summed E-state index contributed by atoms with van der Waals surface area (Å²) in [6, 6.07) is 5.32. The van der Waals surface area contributed by atoms with E-state index >= 15 is 0 Å². The molecule has 76 valence electrons. The van der Waals surface area contributed by atoms with Gasteiger partial charge in [-0.15, -0.1) is 11.3 Å². The molecule has 2 aromatic rings. The van der Waals surface area contributed by atoms with Crippen LogP contribution in [0.3, 0.4) is 0 Å². The van der Waals surface area contributed by atoms with Gasteiger partial charge in [0.15, 0.2) is 0 Å². The van der Waals surface area contributed by atoms with E-state index in [1.807, 2.05) is 23.6 Å². The zero-order chi connectivity index (χ0) is 10.7. The van der Waals surface area contributed by atoms with Crippen LogP contribution in [0, 0.1) is 0 Å². The Balaban J connectivity index is 2.24. The molecule has 0 spiro atoms. The van der Waals surface area contributed by atoms with Crippen molar-refractivity contribution in [3.63, 3.8) is 0 Å². The van der Waals surface area contributed by atoms with Gasteiger partial charge >= 0.3 is 5.97 Å². The number of hydrogen-bond acceptors (Lipinski definition) is 3. The Morgan fingerprint density at radius 2 is 2.27 bits per heavy atom. The zero-order valence-corrected chi connectivity index (χ0v) is 8.53. The molecule has 0 aliphatic carbocycles. The molecule has 4 heteroatoms. The molecular formula is C11H8O3S. The first kappa shape index (κ1) is 9.73. The van der Waals surface area contributed by atoms with Crippen LogP contribution in [0.2, 0.25) is 0 Å². The van der Waals surface area contributed by atoms with E-state index in [4.69, 9.17) is 9.52 Å². The van der Waals surface area contributed by atoms with E-state index in [0.29, 0.717) is 5.76 Å². The average molecular weight is 220 g/mol. The Labute approximate surface area is 90.3 Å². The fraction of sp³-hybridized carbons (Fsp3) is 0. The van der Waals surface area contributed by atoms with Crippen molar-refractivity contribution in [2.45, 2.75) is 0 Å². The Morgan fingerprint density at radius 1 is 1.40 bits per heavy atom. The number of furan rings is 1. The van der Waals surface area contributed by atoms with Crippen LogP contribution in [0.1, 0.15) is 21.0 Å². The monoisotopic (exact) mass is 220 g/mol. The molecule has 15 heavy (non-hydrogen) atoms. The van der Waals surface area contributed by atoms with E-state index in [9.17, 15) is 4.79 Å². The minimum absolute atomic E-state index is 0.183. The largest absolute Gasteiger partial charge is 0.478 e. The van der Waals surface area contributed by atoms with Gasteiger partial charge in [0.25, 0.3) is 0 Å². The molecular weight excluding hydrogens is 212 g/mol. The molecule has 0 radical (unpaired) electrons. The number of carboxylic acids is 1. The van der Waals surface area contributed by atoms with Crippen molar-refractivity contribution in [1.82, 2.24) is 0 Å². The smallest absolute Gasteiger partial charge is 0.339 e. The number of rotatable bonds is 3. The molecule has 0 unspecified atom stereocenters. The van der Waals surface area contributed by atoms with Crippen molar-refractivity contribution < 1.29 is 14.3 Å². The summed E-state index contributed by atoms with van der Waals surface area (Å²) in [5, 5.41) is 10.8. The Bertz CT molecular complexity index is 480. The zero-order valence-electron chi connectivity index (χ0n) is 7.71. The van der Waals surface area contributed by atoms with Gasteiger partial charge in [-0.05, 0) is 29.7 Å². The maximum Gasteiger partial charge on any atom is 0.339 e. The van der Waals surface area contributed by atoms with Crippen LogP contribution in [0.4, 0.5) is 0 Å². The second-order valence-corrected chi connectivity index (χ2v) is 3.83. The van der Waals surface area contributed by atoms with Crippen LogP contribution in [0.15, 0.2) is 34.3 Å². The molecule has 1 N–H and O–H groups in total. The van der Waals surface area contributed by atoms with E-state index in [-0.39, 0.29) is 5.56 Å². The highest BCUT2D eigenvalue weighted by molar-refractivity contribution is 7.10. The summed E-state index contributed by atoms with van der Waals surface area (Å²) < 4.78 is 5.06. The SMILES string of the molecule is O=C(O)c1ccoc1/C=C\c1cccs1. The van der Waals surface area contributed by atoms with Crippen LogP contribution in [0.5, 0.6) is 0 Å². The topological polar surface area (TPSA) is 50.4 Å². The lowest BCUT2D eigenvalue weighted by atomic mass is 10.2. The van der Waals surface area contributed by atoms with Gasteiger partial charge in [0.2, 0.25) is 0 Å². The van der Waals surface area contributed by atoms with Gasteiger partial charge < -0.3 is 9.52 Å². The summed E-state index contributed by atoms with van der Waals surface area (Å²) in [5.41, 5.74) is 0.183. The van der Waals surface area contributed by atoms with Crippen molar-refractivity contribution in [2.75, 3.05) is 0 Å². The van der Waals surface area contributed by atoms with E-state index in [1.165, 1.54) is 12.3 Å². The highest BCUT2D eigenvalue weighted by atomic mass is 32.1. The van der Waals surface area contributed by atoms with Gasteiger partial charge in [-0.25, -0.2) is 4.79 Å². The third-order valence-electron chi connectivity index (χ3n) is 1.87. The van der Waals surface area contributed by atoms with E-state index < -0.39 is 5.97 Å². The highest BCUT2D eigenvalue weighted by Gasteiger charge is 2.10. The number of carbonyl (C=O) groups is 1. The lowest BCUT2D eigenvalue weighted by Crippen LogP contribution is -1.95. The van der Waals surface area contributed by atoms with Crippen molar-refractivity contribution in [1.29, 1.82) is 0 Å². The molecule has 0 fully saturated rings. The van der Waals surface area contributed by atoms with Gasteiger partial charge in [0.05, 0.1) is 6.26 Å². The van der Waals surface area contributed by atoms with Crippen molar-refractivity contribution in [3.05, 3.63) is 46.0 Å². The average Bonchev–Trinajstić information content (AvgIpc) is 2.86. The fourth-order valence-electron chi connectivity index (χ4n) is 1.17. The molecule has 0 bridgehead atoms. The van der Waals surface area contributed by atoms with Crippen LogP contribution >= 0.6 is 11.3 Å². The van der Waals surface area contributed by atoms with Gasteiger partial charge in [-0.3, -0.25) is 0 Å². The Morgan fingerprint density at radius 3 is 2.93 bits per heavy atom. The van der Waals surface area contributed by atoms with E-state index in [1.54, 1.807) is 17.4 Å². The molecule has 2 aromatic heterocycles. The number of carboxylic acid groups (broad SMARTS) is 1. The van der Waals surface area contributed by atoms with Crippen LogP contribution in [-0.4, -0.2) is 11.1 Å². The summed E-state index contributed by atoms with van der Waals surface area (Å²) >= 11 is 1.58. The first-order valence-electron chi connectivity index (χ1n) is 4.30. The maximum atomic E-state index is 10.8. The third kappa shape index (κ3) is 2.16. The van der Waals surface area contributed by atoms with Crippen molar-refractivity contribution >= 4 is 29.5 Å².